The van der Waals surface area contributed by atoms with Crippen molar-refractivity contribution in [3.8, 4) is 11.5 Å². The van der Waals surface area contributed by atoms with Crippen LogP contribution in [-0.2, 0) is 13.0 Å². The van der Waals surface area contributed by atoms with Gasteiger partial charge < -0.3 is 15.2 Å². The second-order valence-electron chi connectivity index (χ2n) is 8.63. The van der Waals surface area contributed by atoms with Gasteiger partial charge in [0.25, 0.3) is 0 Å². The van der Waals surface area contributed by atoms with Crippen LogP contribution in [0.5, 0.6) is 11.5 Å². The van der Waals surface area contributed by atoms with Gasteiger partial charge in [0.2, 0.25) is 0 Å². The van der Waals surface area contributed by atoms with Crippen molar-refractivity contribution in [3.05, 3.63) is 101 Å². The third-order valence-electron chi connectivity index (χ3n) is 5.85. The lowest BCUT2D eigenvalue weighted by Crippen LogP contribution is -2.32. The first-order valence-corrected chi connectivity index (χ1v) is 11.0. The molecule has 4 nitrogen and oxygen atoms in total. The number of hydrogen-bond acceptors (Lipinski definition) is 3. The van der Waals surface area contributed by atoms with Crippen LogP contribution in [0, 0.1) is 0 Å². The first-order valence-electron chi connectivity index (χ1n) is 11.0. The topological polar surface area (TPSA) is 56.8 Å². The molecule has 0 saturated carbocycles. The third-order valence-corrected chi connectivity index (χ3v) is 5.85. The Balaban J connectivity index is 1.33. The number of rotatable bonds is 7. The summed E-state index contributed by atoms with van der Waals surface area (Å²) < 4.78 is 11.9. The molecule has 0 bridgehead atoms. The van der Waals surface area contributed by atoms with E-state index in [9.17, 15) is 0 Å². The molecule has 1 aliphatic rings. The highest BCUT2D eigenvalue weighted by molar-refractivity contribution is 5.98. The summed E-state index contributed by atoms with van der Waals surface area (Å²) in [6.07, 6.45) is 2.98. The summed E-state index contributed by atoms with van der Waals surface area (Å²) in [5.41, 5.74) is 11.5. The maximum Gasteiger partial charge on any atom is 0.127 e. The molecule has 4 heteroatoms. The Morgan fingerprint density at radius 1 is 0.969 bits per heavy atom. The molecule has 4 rings (SSSR count). The second kappa shape index (κ2) is 9.31. The van der Waals surface area contributed by atoms with E-state index < -0.39 is 0 Å². The number of aliphatic imine (C=N–C) groups is 1. The van der Waals surface area contributed by atoms with Crippen molar-refractivity contribution in [2.24, 2.45) is 10.7 Å². The minimum atomic E-state index is -0.281. The van der Waals surface area contributed by atoms with Crippen LogP contribution in [-0.4, -0.2) is 18.0 Å². The molecule has 0 atom stereocenters. The van der Waals surface area contributed by atoms with E-state index in [2.05, 4.69) is 56.1 Å². The maximum atomic E-state index is 6.27. The fourth-order valence-electron chi connectivity index (χ4n) is 3.57. The Morgan fingerprint density at radius 2 is 1.72 bits per heavy atom. The van der Waals surface area contributed by atoms with Crippen molar-refractivity contribution in [2.75, 3.05) is 6.54 Å². The standard InChI is InChI=1S/C28H30N2O2/c1-20-17-24-18-23(11-14-26(24)32-28(20,2)3)27(29)30-16-15-21-9-12-25(13-10-21)31-19-22-7-5-4-6-8-22/h4-14,17-18H,15-16,19H2,1-3H3,(H2,29,30). The molecule has 3 aromatic carbocycles. The molecular formula is C28H30N2O2. The number of amidine groups is 1. The van der Waals surface area contributed by atoms with Gasteiger partial charge in [-0.25, -0.2) is 0 Å². The van der Waals surface area contributed by atoms with E-state index in [0.29, 0.717) is 19.0 Å². The average molecular weight is 427 g/mol. The van der Waals surface area contributed by atoms with Crippen molar-refractivity contribution in [1.82, 2.24) is 0 Å². The molecule has 0 saturated heterocycles. The molecule has 3 aromatic rings. The van der Waals surface area contributed by atoms with Gasteiger partial charge in [0.1, 0.15) is 29.5 Å². The van der Waals surface area contributed by atoms with Gasteiger partial charge in [0, 0.05) is 17.7 Å². The fourth-order valence-corrected chi connectivity index (χ4v) is 3.57. The molecule has 0 unspecified atom stereocenters. The number of benzene rings is 3. The van der Waals surface area contributed by atoms with E-state index in [1.165, 1.54) is 11.1 Å². The van der Waals surface area contributed by atoms with E-state index in [-0.39, 0.29) is 5.60 Å². The van der Waals surface area contributed by atoms with E-state index in [4.69, 9.17) is 15.2 Å². The van der Waals surface area contributed by atoms with Crippen LogP contribution >= 0.6 is 0 Å². The smallest absolute Gasteiger partial charge is 0.127 e. The highest BCUT2D eigenvalue weighted by atomic mass is 16.5. The quantitative estimate of drug-likeness (QED) is 0.384. The zero-order valence-corrected chi connectivity index (χ0v) is 19.0. The van der Waals surface area contributed by atoms with E-state index in [1.54, 1.807) is 0 Å². The Morgan fingerprint density at radius 3 is 2.47 bits per heavy atom. The third kappa shape index (κ3) is 5.20. The van der Waals surface area contributed by atoms with E-state index in [1.807, 2.05) is 48.5 Å². The number of nitrogens with zero attached hydrogens (tertiary/aromatic N) is 1. The second-order valence-corrected chi connectivity index (χ2v) is 8.63. The Labute approximate surface area is 190 Å². The van der Waals surface area contributed by atoms with Gasteiger partial charge in [-0.3, -0.25) is 4.99 Å². The summed E-state index contributed by atoms with van der Waals surface area (Å²) in [7, 11) is 0. The lowest BCUT2D eigenvalue weighted by atomic mass is 9.93. The van der Waals surface area contributed by atoms with Crippen LogP contribution in [0.1, 0.15) is 43.0 Å². The molecule has 0 aromatic heterocycles. The predicted octanol–water partition coefficient (Wildman–Crippen LogP) is 5.79. The Kier molecular flexibility index (Phi) is 6.31. The number of fused-ring (bicyclic) bond motifs is 1. The minimum Gasteiger partial charge on any atom is -0.489 e. The summed E-state index contributed by atoms with van der Waals surface area (Å²) in [4.78, 5) is 4.59. The summed E-state index contributed by atoms with van der Waals surface area (Å²) >= 11 is 0. The highest BCUT2D eigenvalue weighted by Gasteiger charge is 2.27. The van der Waals surface area contributed by atoms with Gasteiger partial charge in [-0.15, -0.1) is 0 Å². The summed E-state index contributed by atoms with van der Waals surface area (Å²) in [6.45, 7) is 7.44. The van der Waals surface area contributed by atoms with Crippen LogP contribution in [0.3, 0.4) is 0 Å². The van der Waals surface area contributed by atoms with Gasteiger partial charge in [-0.05, 0) is 80.3 Å². The molecule has 1 aliphatic heterocycles. The zero-order chi connectivity index (χ0) is 22.6. The maximum absolute atomic E-state index is 6.27. The van der Waals surface area contributed by atoms with Crippen LogP contribution in [0.2, 0.25) is 0 Å². The molecule has 0 radical (unpaired) electrons. The molecule has 32 heavy (non-hydrogen) atoms. The van der Waals surface area contributed by atoms with Crippen molar-refractivity contribution in [3.63, 3.8) is 0 Å². The van der Waals surface area contributed by atoms with Crippen LogP contribution in [0.15, 0.2) is 83.4 Å². The van der Waals surface area contributed by atoms with Gasteiger partial charge >= 0.3 is 0 Å². The number of nitrogens with two attached hydrogens (primary N) is 1. The molecule has 1 heterocycles. The summed E-state index contributed by atoms with van der Waals surface area (Å²) in [5, 5.41) is 0. The molecule has 2 N–H and O–H groups in total. The molecule has 0 aliphatic carbocycles. The molecule has 0 spiro atoms. The van der Waals surface area contributed by atoms with Crippen molar-refractivity contribution < 1.29 is 9.47 Å². The Hall–Kier alpha value is -3.53. The molecule has 164 valence electrons. The van der Waals surface area contributed by atoms with Gasteiger partial charge in [-0.1, -0.05) is 42.5 Å². The normalized spacial score (nSPS) is 14.8. The van der Waals surface area contributed by atoms with Crippen LogP contribution in [0.25, 0.3) is 6.08 Å². The highest BCUT2D eigenvalue weighted by Crippen LogP contribution is 2.35. The largest absolute Gasteiger partial charge is 0.489 e. The fraction of sp³-hybridized carbons (Fsp3) is 0.250. The lowest BCUT2D eigenvalue weighted by molar-refractivity contribution is 0.145. The average Bonchev–Trinajstić information content (AvgIpc) is 2.79. The van der Waals surface area contributed by atoms with E-state index in [0.717, 1.165) is 34.6 Å². The van der Waals surface area contributed by atoms with Gasteiger partial charge in [-0.2, -0.15) is 0 Å². The van der Waals surface area contributed by atoms with Crippen molar-refractivity contribution in [1.29, 1.82) is 0 Å². The van der Waals surface area contributed by atoms with Gasteiger partial charge in [0.05, 0.1) is 0 Å². The summed E-state index contributed by atoms with van der Waals surface area (Å²) in [5.74, 6) is 2.29. The van der Waals surface area contributed by atoms with Crippen molar-refractivity contribution in [2.45, 2.75) is 39.4 Å². The first kappa shape index (κ1) is 21.7. The van der Waals surface area contributed by atoms with E-state index >= 15 is 0 Å². The predicted molar refractivity (Wildman–Crippen MR) is 131 cm³/mol. The molecule has 0 amide bonds. The minimum absolute atomic E-state index is 0.281. The van der Waals surface area contributed by atoms with Gasteiger partial charge in [0.15, 0.2) is 0 Å². The Bertz CT molecular complexity index is 1130. The number of hydrogen-bond donors (Lipinski definition) is 1. The van der Waals surface area contributed by atoms with Crippen molar-refractivity contribution >= 4 is 11.9 Å². The molecular weight excluding hydrogens is 396 g/mol. The first-order chi connectivity index (χ1) is 15.4. The summed E-state index contributed by atoms with van der Waals surface area (Å²) in [6, 6.07) is 24.3. The van der Waals surface area contributed by atoms with Crippen LogP contribution < -0.4 is 15.2 Å². The number of ether oxygens (including phenoxy) is 2. The lowest BCUT2D eigenvalue weighted by Gasteiger charge is -2.32. The monoisotopic (exact) mass is 426 g/mol. The molecule has 0 fully saturated rings. The van der Waals surface area contributed by atoms with Crippen LogP contribution in [0.4, 0.5) is 0 Å². The SMILES string of the molecule is CC1=Cc2cc(C(N)=NCCc3ccc(OCc4ccccc4)cc3)ccc2OC1(C)C. The zero-order valence-electron chi connectivity index (χ0n) is 19.0.